The van der Waals surface area contributed by atoms with E-state index in [0.29, 0.717) is 60.7 Å². The van der Waals surface area contributed by atoms with Crippen LogP contribution in [-0.2, 0) is 4.74 Å². The predicted octanol–water partition coefficient (Wildman–Crippen LogP) is 1.72. The molecule has 1 atom stereocenters. The number of morpholine rings is 1. The van der Waals surface area contributed by atoms with E-state index < -0.39 is 6.10 Å². The number of aromatic nitrogens is 2. The Morgan fingerprint density at radius 3 is 2.82 bits per heavy atom. The molecule has 33 heavy (non-hydrogen) atoms. The fraction of sp³-hybridized carbons (Fsp3) is 0.435. The van der Waals surface area contributed by atoms with Crippen LogP contribution in [0.5, 0.6) is 5.75 Å². The number of likely N-dealkylation sites (N-methyl/N-ethyl adjacent to an activating group) is 1. The maximum atomic E-state index is 10.4. The van der Waals surface area contributed by atoms with Gasteiger partial charge in [-0.2, -0.15) is 5.10 Å². The molecule has 178 valence electrons. The fourth-order valence-electron chi connectivity index (χ4n) is 3.41. The van der Waals surface area contributed by atoms with Crippen molar-refractivity contribution in [3.63, 3.8) is 0 Å². The first-order valence-electron chi connectivity index (χ1n) is 10.9. The van der Waals surface area contributed by atoms with Gasteiger partial charge in [-0.15, -0.1) is 0 Å². The lowest BCUT2D eigenvalue weighted by Crippen LogP contribution is -2.35. The van der Waals surface area contributed by atoms with Crippen molar-refractivity contribution in [3.8, 4) is 11.4 Å². The molecule has 0 radical (unpaired) electrons. The van der Waals surface area contributed by atoms with Gasteiger partial charge in [-0.3, -0.25) is 4.99 Å². The zero-order valence-electron chi connectivity index (χ0n) is 19.5. The molecule has 1 aromatic heterocycles. The first-order valence-corrected chi connectivity index (χ1v) is 10.9. The number of nitrogens with zero attached hydrogens (tertiary/aromatic N) is 6. The number of hydrogen-bond acceptors (Lipinski definition) is 9. The minimum Gasteiger partial charge on any atom is -0.437 e. The normalized spacial score (nSPS) is 16.2. The Hall–Kier alpha value is -3.21. The van der Waals surface area contributed by atoms with Crippen LogP contribution in [0.25, 0.3) is 5.69 Å². The van der Waals surface area contributed by atoms with Gasteiger partial charge in [0.1, 0.15) is 11.5 Å². The third-order valence-electron chi connectivity index (χ3n) is 5.03. The van der Waals surface area contributed by atoms with Gasteiger partial charge in [0.25, 0.3) is 0 Å². The molecule has 2 aromatic rings. The van der Waals surface area contributed by atoms with Crippen LogP contribution in [0.3, 0.4) is 0 Å². The highest BCUT2D eigenvalue weighted by atomic mass is 16.5. The summed E-state index contributed by atoms with van der Waals surface area (Å²) in [5.74, 6) is 1.54. The van der Waals surface area contributed by atoms with E-state index in [0.717, 1.165) is 13.1 Å². The second-order valence-electron chi connectivity index (χ2n) is 7.90. The summed E-state index contributed by atoms with van der Waals surface area (Å²) < 4.78 is 13.3. The molecule has 1 aliphatic rings. The van der Waals surface area contributed by atoms with E-state index in [1.165, 1.54) is 0 Å². The lowest BCUT2D eigenvalue weighted by atomic mass is 10.2. The summed E-state index contributed by atoms with van der Waals surface area (Å²) in [5, 5.41) is 14.8. The monoisotopic (exact) mass is 455 g/mol. The number of benzene rings is 1. The maximum absolute atomic E-state index is 10.4. The van der Waals surface area contributed by atoms with Crippen molar-refractivity contribution in [1.82, 2.24) is 19.6 Å². The highest BCUT2D eigenvalue weighted by Gasteiger charge is 2.17. The van der Waals surface area contributed by atoms with Gasteiger partial charge in [-0.05, 0) is 39.9 Å². The molecule has 3 N–H and O–H groups in total. The number of nitrogens with two attached hydrogens (primary N) is 1. The Balaban J connectivity index is 1.90. The van der Waals surface area contributed by atoms with Gasteiger partial charge >= 0.3 is 0 Å². The molecular formula is C23H33N7O3. The van der Waals surface area contributed by atoms with Crippen molar-refractivity contribution < 1.29 is 14.6 Å². The predicted molar refractivity (Wildman–Crippen MR) is 130 cm³/mol. The fourth-order valence-corrected chi connectivity index (χ4v) is 3.41. The van der Waals surface area contributed by atoms with Crippen molar-refractivity contribution in [2.75, 3.05) is 59.2 Å². The first kappa shape index (κ1) is 24.4. The highest BCUT2D eigenvalue weighted by Crippen LogP contribution is 2.27. The van der Waals surface area contributed by atoms with Gasteiger partial charge in [0.2, 0.25) is 5.90 Å². The molecule has 0 saturated carbocycles. The smallest absolute Gasteiger partial charge is 0.218 e. The van der Waals surface area contributed by atoms with Gasteiger partial charge in [-0.25, -0.2) is 9.67 Å². The van der Waals surface area contributed by atoms with E-state index in [2.05, 4.69) is 26.7 Å². The van der Waals surface area contributed by atoms with Crippen molar-refractivity contribution in [3.05, 3.63) is 48.1 Å². The van der Waals surface area contributed by atoms with Gasteiger partial charge < -0.3 is 30.1 Å². The van der Waals surface area contributed by atoms with E-state index in [9.17, 15) is 5.11 Å². The largest absolute Gasteiger partial charge is 0.437 e. The number of anilines is 1. The van der Waals surface area contributed by atoms with Crippen molar-refractivity contribution >= 4 is 18.3 Å². The second kappa shape index (κ2) is 11.6. The molecule has 1 saturated heterocycles. The minimum absolute atomic E-state index is 0.387. The Morgan fingerprint density at radius 1 is 1.39 bits per heavy atom. The van der Waals surface area contributed by atoms with Crippen LogP contribution in [0, 0.1) is 0 Å². The van der Waals surface area contributed by atoms with Crippen molar-refractivity contribution in [1.29, 1.82) is 0 Å². The van der Waals surface area contributed by atoms with Crippen LogP contribution in [-0.4, -0.2) is 90.8 Å². The van der Waals surface area contributed by atoms with Crippen LogP contribution in [0.2, 0.25) is 0 Å². The molecule has 1 aliphatic heterocycles. The number of ether oxygens (including phenoxy) is 2. The summed E-state index contributed by atoms with van der Waals surface area (Å²) in [6.07, 6.45) is 4.54. The number of rotatable bonds is 9. The summed E-state index contributed by atoms with van der Waals surface area (Å²) >= 11 is 0. The van der Waals surface area contributed by atoms with Gasteiger partial charge in [0, 0.05) is 55.8 Å². The summed E-state index contributed by atoms with van der Waals surface area (Å²) in [6, 6.07) is 5.32. The van der Waals surface area contributed by atoms with E-state index in [-0.39, 0.29) is 0 Å². The van der Waals surface area contributed by atoms with E-state index >= 15 is 0 Å². The zero-order valence-corrected chi connectivity index (χ0v) is 19.5. The quantitative estimate of drug-likeness (QED) is 0.336. The number of nitrogen functional groups attached to an aromatic ring is 1. The summed E-state index contributed by atoms with van der Waals surface area (Å²) in [5.41, 5.74) is 7.97. The van der Waals surface area contributed by atoms with E-state index in [1.54, 1.807) is 35.3 Å². The number of aliphatic hydroxyl groups is 1. The number of aliphatic hydroxyl groups excluding tert-OH is 1. The molecule has 0 aliphatic carbocycles. The van der Waals surface area contributed by atoms with Crippen LogP contribution in [0.4, 0.5) is 5.69 Å². The van der Waals surface area contributed by atoms with Gasteiger partial charge in [-0.1, -0.05) is 0 Å². The van der Waals surface area contributed by atoms with Crippen LogP contribution in [0.15, 0.2) is 52.5 Å². The molecule has 0 amide bonds. The summed E-state index contributed by atoms with van der Waals surface area (Å²) in [4.78, 5) is 12.7. The molecule has 0 bridgehead atoms. The lowest BCUT2D eigenvalue weighted by molar-refractivity contribution is 0.0532. The Labute approximate surface area is 194 Å². The van der Waals surface area contributed by atoms with E-state index in [4.69, 9.17) is 15.2 Å². The Morgan fingerprint density at radius 2 is 2.15 bits per heavy atom. The number of aliphatic imine (C=N–C) groups is 2. The highest BCUT2D eigenvalue weighted by molar-refractivity contribution is 5.90. The molecule has 0 spiro atoms. The second-order valence-corrected chi connectivity index (χ2v) is 7.90. The average Bonchev–Trinajstić information content (AvgIpc) is 3.28. The molecule has 10 heteroatoms. The lowest BCUT2D eigenvalue weighted by Gasteiger charge is -2.28. The maximum Gasteiger partial charge on any atom is 0.218 e. The Bertz CT molecular complexity index is 994. The molecule has 1 unspecified atom stereocenters. The third kappa shape index (κ3) is 6.64. The van der Waals surface area contributed by atoms with Crippen LogP contribution >= 0.6 is 0 Å². The van der Waals surface area contributed by atoms with Gasteiger partial charge in [0.05, 0.1) is 25.5 Å². The summed E-state index contributed by atoms with van der Waals surface area (Å²) in [6.45, 7) is 9.36. The molecular weight excluding hydrogens is 422 g/mol. The molecule has 10 nitrogen and oxygen atoms in total. The van der Waals surface area contributed by atoms with E-state index in [1.807, 2.05) is 32.0 Å². The first-order chi connectivity index (χ1) is 15.9. The topological polar surface area (TPSA) is 114 Å². The van der Waals surface area contributed by atoms with Crippen molar-refractivity contribution in [2.45, 2.75) is 13.0 Å². The average molecular weight is 456 g/mol. The molecule has 1 aromatic carbocycles. The third-order valence-corrected chi connectivity index (χ3v) is 5.03. The SMILES string of the molecule is C=N/C(=C\C(=NCC)Oc1cc(N)ccc1-n1cc(C(O)CN(C)C)cn1)N1CCOCC1. The van der Waals surface area contributed by atoms with Crippen LogP contribution in [0.1, 0.15) is 18.6 Å². The minimum atomic E-state index is -0.651. The zero-order chi connectivity index (χ0) is 23.8. The Kier molecular flexibility index (Phi) is 8.58. The summed E-state index contributed by atoms with van der Waals surface area (Å²) in [7, 11) is 3.82. The van der Waals surface area contributed by atoms with Crippen LogP contribution < -0.4 is 10.5 Å². The van der Waals surface area contributed by atoms with Crippen molar-refractivity contribution in [2.24, 2.45) is 9.98 Å². The number of hydrogen-bond donors (Lipinski definition) is 2. The molecule has 1 fully saturated rings. The standard InChI is InChI=1S/C23H33N7O3/c1-5-26-23(13-22(25-2)29-8-10-32-11-9-29)33-21-12-18(24)6-7-19(21)30-15-17(14-27-30)20(31)16-28(3)4/h6-7,12-15,20,31H,2,5,8-11,16,24H2,1,3-4H3/b22-13+,26-23?. The molecule has 3 rings (SSSR count). The molecule has 2 heterocycles. The van der Waals surface area contributed by atoms with Gasteiger partial charge in [0.15, 0.2) is 5.75 Å².